The molecule has 0 amide bonds. The van der Waals surface area contributed by atoms with Crippen LogP contribution in [0.5, 0.6) is 0 Å². The van der Waals surface area contributed by atoms with Gasteiger partial charge in [0.2, 0.25) is 0 Å². The van der Waals surface area contributed by atoms with Crippen LogP contribution in [0.2, 0.25) is 18.1 Å². The number of anilines is 1. The quantitative estimate of drug-likeness (QED) is 0.211. The lowest BCUT2D eigenvalue weighted by Gasteiger charge is -2.36. The number of imidazole rings is 1. The van der Waals surface area contributed by atoms with Crippen molar-refractivity contribution in [2.24, 2.45) is 0 Å². The van der Waals surface area contributed by atoms with E-state index in [1.54, 1.807) is 6.20 Å². The molecule has 1 aliphatic carbocycles. The zero-order valence-corrected chi connectivity index (χ0v) is 24.8. The van der Waals surface area contributed by atoms with Gasteiger partial charge < -0.3 is 10.2 Å². The lowest BCUT2D eigenvalue weighted by molar-refractivity contribution is 0.276. The van der Waals surface area contributed by atoms with Gasteiger partial charge in [-0.1, -0.05) is 32.9 Å². The van der Waals surface area contributed by atoms with E-state index in [9.17, 15) is 0 Å². The van der Waals surface area contributed by atoms with E-state index in [1.165, 1.54) is 18.5 Å². The topological polar surface area (TPSA) is 91.7 Å². The van der Waals surface area contributed by atoms with Crippen LogP contribution in [0.1, 0.15) is 50.8 Å². The molecule has 5 aromatic rings. The summed E-state index contributed by atoms with van der Waals surface area (Å²) in [5.74, 6) is 1.75. The summed E-state index contributed by atoms with van der Waals surface area (Å²) in [7, 11) is -1.85. The molecule has 6 rings (SSSR count). The molecule has 0 radical (unpaired) electrons. The predicted molar refractivity (Wildman–Crippen MR) is 164 cm³/mol. The number of nitrogens with two attached hydrogens (primary N) is 1. The van der Waals surface area contributed by atoms with Gasteiger partial charge in [0.1, 0.15) is 11.3 Å². The average molecular weight is 549 g/mol. The van der Waals surface area contributed by atoms with Gasteiger partial charge in [-0.2, -0.15) is 0 Å². The zero-order chi connectivity index (χ0) is 28.1. The van der Waals surface area contributed by atoms with Crippen LogP contribution < -0.4 is 5.73 Å². The number of nitrogens with zero attached hydrogens (tertiary/aromatic N) is 5. The number of rotatable bonds is 7. The molecular formula is C32H36N6OSi. The number of benzene rings is 1. The second-order valence-electron chi connectivity index (χ2n) is 12.2. The fraction of sp³-hybridized carbons (Fsp3) is 0.312. The Balaban J connectivity index is 1.41. The lowest BCUT2D eigenvalue weighted by atomic mass is 10.1. The summed E-state index contributed by atoms with van der Waals surface area (Å²) in [5.41, 5.74) is 13.7. The standard InChI is InChI=1S/C32H36N6OSi/c1-32(2,3)40(4,5)39-20-21-8-13-24(14-9-21)38-30(25-7-6-18-34-29(25)33)37-28-17-16-27(36-31(28)38)23-12-15-26(35-19-23)22-10-11-22/h6-9,12-19,22H,10-11,20H2,1-5H3,(H2,33,34). The van der Waals surface area contributed by atoms with Crippen molar-refractivity contribution in [1.82, 2.24) is 24.5 Å². The number of pyridine rings is 3. The molecule has 1 fully saturated rings. The fourth-order valence-electron chi connectivity index (χ4n) is 4.55. The van der Waals surface area contributed by atoms with E-state index >= 15 is 0 Å². The molecule has 0 spiro atoms. The lowest BCUT2D eigenvalue weighted by Crippen LogP contribution is -2.40. The SMILES string of the molecule is CC(C)(C)[Si](C)(C)OCc1ccc(-n2c(-c3cccnc3N)nc3ccc(-c4ccc(C5CC5)nc4)nc32)cc1. The van der Waals surface area contributed by atoms with Gasteiger partial charge >= 0.3 is 0 Å². The predicted octanol–water partition coefficient (Wildman–Crippen LogP) is 7.53. The van der Waals surface area contributed by atoms with Crippen molar-refractivity contribution in [2.75, 3.05) is 5.73 Å². The summed E-state index contributed by atoms with van der Waals surface area (Å²) in [6.45, 7) is 11.9. The maximum atomic E-state index is 6.46. The van der Waals surface area contributed by atoms with E-state index < -0.39 is 8.32 Å². The molecule has 2 N–H and O–H groups in total. The Labute approximate surface area is 236 Å². The molecule has 0 atom stereocenters. The Bertz CT molecular complexity index is 1670. The van der Waals surface area contributed by atoms with Crippen molar-refractivity contribution >= 4 is 25.3 Å². The first-order valence-corrected chi connectivity index (χ1v) is 16.8. The fourth-order valence-corrected chi connectivity index (χ4v) is 5.51. The van der Waals surface area contributed by atoms with Crippen molar-refractivity contribution in [3.8, 4) is 28.3 Å². The zero-order valence-electron chi connectivity index (χ0n) is 23.8. The molecule has 1 saturated carbocycles. The molecule has 40 heavy (non-hydrogen) atoms. The number of nitrogen functional groups attached to an aromatic ring is 1. The van der Waals surface area contributed by atoms with Crippen molar-refractivity contribution in [3.05, 3.63) is 84.3 Å². The van der Waals surface area contributed by atoms with Gasteiger partial charge in [0.05, 0.1) is 17.9 Å². The van der Waals surface area contributed by atoms with Gasteiger partial charge in [-0.25, -0.2) is 15.0 Å². The second kappa shape index (κ2) is 9.94. The molecule has 4 heterocycles. The van der Waals surface area contributed by atoms with E-state index in [1.807, 2.05) is 30.5 Å². The molecule has 1 aliphatic rings. The molecule has 0 bridgehead atoms. The summed E-state index contributed by atoms with van der Waals surface area (Å²) in [6.07, 6.45) is 6.09. The summed E-state index contributed by atoms with van der Waals surface area (Å²) in [4.78, 5) is 19.1. The minimum atomic E-state index is -1.85. The van der Waals surface area contributed by atoms with Crippen molar-refractivity contribution in [3.63, 3.8) is 0 Å². The Morgan fingerprint density at radius 1 is 0.950 bits per heavy atom. The van der Waals surface area contributed by atoms with Gasteiger partial charge in [0.15, 0.2) is 19.8 Å². The molecule has 0 aliphatic heterocycles. The number of fused-ring (bicyclic) bond motifs is 1. The van der Waals surface area contributed by atoms with Gasteiger partial charge in [0, 0.05) is 35.3 Å². The monoisotopic (exact) mass is 548 g/mol. The smallest absolute Gasteiger partial charge is 0.192 e. The molecule has 204 valence electrons. The third-order valence-electron chi connectivity index (χ3n) is 8.26. The van der Waals surface area contributed by atoms with Gasteiger partial charge in [0.25, 0.3) is 0 Å². The van der Waals surface area contributed by atoms with Gasteiger partial charge in [-0.05, 0) is 85.1 Å². The van der Waals surface area contributed by atoms with Gasteiger partial charge in [-0.15, -0.1) is 0 Å². The summed E-state index contributed by atoms with van der Waals surface area (Å²) >= 11 is 0. The molecule has 7 nitrogen and oxygen atoms in total. The maximum absolute atomic E-state index is 6.46. The van der Waals surface area contributed by atoms with Crippen LogP contribution in [-0.4, -0.2) is 32.8 Å². The van der Waals surface area contributed by atoms with Crippen LogP contribution in [0, 0.1) is 0 Å². The van der Waals surface area contributed by atoms with Crippen LogP contribution in [0.4, 0.5) is 5.82 Å². The van der Waals surface area contributed by atoms with Crippen LogP contribution >= 0.6 is 0 Å². The molecular weight excluding hydrogens is 512 g/mol. The van der Waals surface area contributed by atoms with Crippen molar-refractivity contribution < 1.29 is 4.43 Å². The Morgan fingerprint density at radius 2 is 1.73 bits per heavy atom. The molecule has 0 saturated heterocycles. The van der Waals surface area contributed by atoms with Crippen molar-refractivity contribution in [2.45, 2.75) is 64.3 Å². The highest BCUT2D eigenvalue weighted by atomic mass is 28.4. The maximum Gasteiger partial charge on any atom is 0.192 e. The minimum absolute atomic E-state index is 0.165. The first-order chi connectivity index (χ1) is 19.1. The Hall–Kier alpha value is -3.88. The summed E-state index contributed by atoms with van der Waals surface area (Å²) in [6, 6.07) is 20.5. The van der Waals surface area contributed by atoms with E-state index in [0.717, 1.165) is 39.2 Å². The summed E-state index contributed by atoms with van der Waals surface area (Å²) in [5, 5.41) is 0.165. The molecule has 8 heteroatoms. The van der Waals surface area contributed by atoms with Crippen LogP contribution in [0.15, 0.2) is 73.1 Å². The third-order valence-corrected chi connectivity index (χ3v) is 12.7. The van der Waals surface area contributed by atoms with Gasteiger partial charge in [-0.3, -0.25) is 9.55 Å². The van der Waals surface area contributed by atoms with Crippen LogP contribution in [-0.2, 0) is 11.0 Å². The highest BCUT2D eigenvalue weighted by Crippen LogP contribution is 2.39. The van der Waals surface area contributed by atoms with Crippen LogP contribution in [0.3, 0.4) is 0 Å². The highest BCUT2D eigenvalue weighted by Gasteiger charge is 2.37. The first kappa shape index (κ1) is 26.3. The normalized spacial score (nSPS) is 14.1. The first-order valence-electron chi connectivity index (χ1n) is 13.9. The molecule has 0 unspecified atom stereocenters. The third kappa shape index (κ3) is 5.05. The summed E-state index contributed by atoms with van der Waals surface area (Å²) < 4.78 is 8.52. The Morgan fingerprint density at radius 3 is 2.38 bits per heavy atom. The largest absolute Gasteiger partial charge is 0.413 e. The van der Waals surface area contributed by atoms with E-state index in [4.69, 9.17) is 25.1 Å². The van der Waals surface area contributed by atoms with E-state index in [0.29, 0.717) is 24.2 Å². The van der Waals surface area contributed by atoms with Crippen molar-refractivity contribution in [1.29, 1.82) is 0 Å². The number of aromatic nitrogens is 5. The second-order valence-corrected chi connectivity index (χ2v) is 17.0. The molecule has 1 aromatic carbocycles. The highest BCUT2D eigenvalue weighted by molar-refractivity contribution is 6.74. The van der Waals surface area contributed by atoms with E-state index in [-0.39, 0.29) is 5.04 Å². The minimum Gasteiger partial charge on any atom is -0.413 e. The molecule has 4 aromatic heterocycles. The van der Waals surface area contributed by atoms with Crippen LogP contribution in [0.25, 0.3) is 39.5 Å². The van der Waals surface area contributed by atoms with E-state index in [2.05, 4.69) is 79.8 Å². The number of hydrogen-bond acceptors (Lipinski definition) is 6. The average Bonchev–Trinajstić information content (AvgIpc) is 3.72. The number of hydrogen-bond donors (Lipinski definition) is 1. The Kier molecular flexibility index (Phi) is 6.55.